The third-order valence-corrected chi connectivity index (χ3v) is 5.66. The van der Waals surface area contributed by atoms with E-state index >= 15 is 0 Å². The van der Waals surface area contributed by atoms with E-state index in [1.807, 2.05) is 4.90 Å². The summed E-state index contributed by atoms with van der Waals surface area (Å²) in [5.74, 6) is 3.40. The van der Waals surface area contributed by atoms with Crippen molar-refractivity contribution in [2.24, 2.45) is 5.92 Å². The summed E-state index contributed by atoms with van der Waals surface area (Å²) in [6, 6.07) is 5.05. The van der Waals surface area contributed by atoms with Gasteiger partial charge in [-0.2, -0.15) is 0 Å². The Balaban J connectivity index is 1.37. The summed E-state index contributed by atoms with van der Waals surface area (Å²) in [5, 5.41) is 3.25. The standard InChI is InChI=1S/C19H28N2O2/c1-13-11-17(13)18-10-9-16(23-18)12-21(15-7-8-15)19(22)20-14-5-3-2-4-6-14/h9-10,13-15,17H,2-8,11-12H2,1H3,(H,20,22)/t13-,17+/m1/s1. The van der Waals surface area contributed by atoms with Crippen LogP contribution in [0.3, 0.4) is 0 Å². The molecule has 4 rings (SSSR count). The van der Waals surface area contributed by atoms with Crippen LogP contribution in [0.15, 0.2) is 16.5 Å². The van der Waals surface area contributed by atoms with E-state index in [4.69, 9.17) is 4.42 Å². The van der Waals surface area contributed by atoms with E-state index in [-0.39, 0.29) is 6.03 Å². The van der Waals surface area contributed by atoms with Gasteiger partial charge >= 0.3 is 6.03 Å². The molecule has 0 aliphatic heterocycles. The third-order valence-electron chi connectivity index (χ3n) is 5.66. The first-order chi connectivity index (χ1) is 11.2. The maximum Gasteiger partial charge on any atom is 0.318 e. The number of nitrogens with zero attached hydrogens (tertiary/aromatic N) is 1. The first kappa shape index (κ1) is 15.1. The molecule has 1 N–H and O–H groups in total. The van der Waals surface area contributed by atoms with Gasteiger partial charge < -0.3 is 14.6 Å². The van der Waals surface area contributed by atoms with Gasteiger partial charge in [0.25, 0.3) is 0 Å². The molecule has 1 aromatic heterocycles. The largest absolute Gasteiger partial charge is 0.464 e. The molecule has 3 saturated carbocycles. The van der Waals surface area contributed by atoms with Gasteiger partial charge in [-0.3, -0.25) is 0 Å². The maximum absolute atomic E-state index is 12.7. The van der Waals surface area contributed by atoms with Crippen molar-refractivity contribution in [2.75, 3.05) is 0 Å². The number of furan rings is 1. The van der Waals surface area contributed by atoms with Gasteiger partial charge in [0.2, 0.25) is 0 Å². The van der Waals surface area contributed by atoms with E-state index in [0.29, 0.717) is 24.5 Å². The highest BCUT2D eigenvalue weighted by Crippen LogP contribution is 2.47. The number of rotatable bonds is 5. The Morgan fingerprint density at radius 1 is 1.22 bits per heavy atom. The number of carbonyl (C=O) groups excluding carboxylic acids is 1. The van der Waals surface area contributed by atoms with Gasteiger partial charge in [0.1, 0.15) is 11.5 Å². The zero-order chi connectivity index (χ0) is 15.8. The van der Waals surface area contributed by atoms with Crippen molar-refractivity contribution in [3.05, 3.63) is 23.7 Å². The Bertz CT molecular complexity index is 557. The molecule has 126 valence electrons. The third kappa shape index (κ3) is 3.56. The van der Waals surface area contributed by atoms with E-state index in [0.717, 1.165) is 43.1 Å². The lowest BCUT2D eigenvalue weighted by molar-refractivity contribution is 0.179. The normalized spacial score (nSPS) is 27.7. The molecule has 3 fully saturated rings. The van der Waals surface area contributed by atoms with Gasteiger partial charge in [-0.25, -0.2) is 4.79 Å². The van der Waals surface area contributed by atoms with E-state index < -0.39 is 0 Å². The SMILES string of the molecule is C[C@@H]1C[C@@H]1c1ccc(CN(C(=O)NC2CCCCC2)C2CC2)o1. The number of hydrogen-bond acceptors (Lipinski definition) is 2. The minimum absolute atomic E-state index is 0.108. The summed E-state index contributed by atoms with van der Waals surface area (Å²) in [6.07, 6.45) is 9.57. The second-order valence-corrected chi connectivity index (χ2v) is 7.77. The van der Waals surface area contributed by atoms with Crippen LogP contribution in [0.5, 0.6) is 0 Å². The number of urea groups is 1. The molecule has 2 atom stereocenters. The molecule has 0 aromatic carbocycles. The summed E-state index contributed by atoms with van der Waals surface area (Å²) in [6.45, 7) is 2.88. The van der Waals surface area contributed by atoms with Crippen molar-refractivity contribution in [1.29, 1.82) is 0 Å². The van der Waals surface area contributed by atoms with Gasteiger partial charge in [0.05, 0.1) is 6.54 Å². The zero-order valence-corrected chi connectivity index (χ0v) is 14.1. The first-order valence-electron chi connectivity index (χ1n) is 9.36. The molecular formula is C19H28N2O2. The van der Waals surface area contributed by atoms with E-state index in [9.17, 15) is 4.79 Å². The molecule has 3 aliphatic carbocycles. The number of amides is 2. The topological polar surface area (TPSA) is 45.5 Å². The van der Waals surface area contributed by atoms with Crippen LogP contribution in [-0.4, -0.2) is 23.0 Å². The fraction of sp³-hybridized carbons (Fsp3) is 0.737. The second kappa shape index (κ2) is 6.21. The quantitative estimate of drug-likeness (QED) is 0.874. The number of carbonyl (C=O) groups is 1. The van der Waals surface area contributed by atoms with Crippen LogP contribution >= 0.6 is 0 Å². The van der Waals surface area contributed by atoms with Crippen LogP contribution in [0.4, 0.5) is 4.79 Å². The monoisotopic (exact) mass is 316 g/mol. The van der Waals surface area contributed by atoms with Gasteiger partial charge in [-0.15, -0.1) is 0 Å². The highest BCUT2D eigenvalue weighted by atomic mass is 16.3. The highest BCUT2D eigenvalue weighted by Gasteiger charge is 2.37. The highest BCUT2D eigenvalue weighted by molar-refractivity contribution is 5.75. The fourth-order valence-corrected chi connectivity index (χ4v) is 3.82. The van der Waals surface area contributed by atoms with Crippen molar-refractivity contribution in [3.63, 3.8) is 0 Å². The summed E-state index contributed by atoms with van der Waals surface area (Å²) >= 11 is 0. The second-order valence-electron chi connectivity index (χ2n) is 7.77. The molecule has 0 bridgehead atoms. The van der Waals surface area contributed by atoms with Crippen LogP contribution in [0.1, 0.15) is 75.7 Å². The lowest BCUT2D eigenvalue weighted by Crippen LogP contribution is -2.46. The Kier molecular flexibility index (Phi) is 4.08. The molecule has 23 heavy (non-hydrogen) atoms. The van der Waals surface area contributed by atoms with Crippen molar-refractivity contribution in [2.45, 2.75) is 82.8 Å². The van der Waals surface area contributed by atoms with Gasteiger partial charge in [-0.1, -0.05) is 26.2 Å². The Hall–Kier alpha value is -1.45. The average Bonchev–Trinajstić information content (AvgIpc) is 3.47. The lowest BCUT2D eigenvalue weighted by Gasteiger charge is -2.28. The lowest BCUT2D eigenvalue weighted by atomic mass is 9.96. The summed E-state index contributed by atoms with van der Waals surface area (Å²) in [4.78, 5) is 14.7. The minimum Gasteiger partial charge on any atom is -0.464 e. The van der Waals surface area contributed by atoms with Crippen molar-refractivity contribution >= 4 is 6.03 Å². The fourth-order valence-electron chi connectivity index (χ4n) is 3.82. The van der Waals surface area contributed by atoms with Crippen molar-refractivity contribution in [1.82, 2.24) is 10.2 Å². The van der Waals surface area contributed by atoms with E-state index in [1.165, 1.54) is 25.7 Å². The average molecular weight is 316 g/mol. The Labute approximate surface area is 138 Å². The molecule has 2 amide bonds. The van der Waals surface area contributed by atoms with Crippen molar-refractivity contribution in [3.8, 4) is 0 Å². The molecule has 0 radical (unpaired) electrons. The van der Waals surface area contributed by atoms with E-state index in [2.05, 4.69) is 24.4 Å². The molecule has 0 saturated heterocycles. The van der Waals surface area contributed by atoms with E-state index in [1.54, 1.807) is 0 Å². The molecule has 0 unspecified atom stereocenters. The predicted octanol–water partition coefficient (Wildman–Crippen LogP) is 4.41. The summed E-state index contributed by atoms with van der Waals surface area (Å²) in [7, 11) is 0. The van der Waals surface area contributed by atoms with Crippen LogP contribution in [0, 0.1) is 5.92 Å². The summed E-state index contributed by atoms with van der Waals surface area (Å²) in [5.41, 5.74) is 0. The minimum atomic E-state index is 0.108. The zero-order valence-electron chi connectivity index (χ0n) is 14.1. The van der Waals surface area contributed by atoms with Crippen LogP contribution < -0.4 is 5.32 Å². The number of nitrogens with one attached hydrogen (secondary N) is 1. The maximum atomic E-state index is 12.7. The smallest absolute Gasteiger partial charge is 0.318 e. The molecule has 4 heteroatoms. The van der Waals surface area contributed by atoms with Gasteiger partial charge in [-0.05, 0) is 50.2 Å². The van der Waals surface area contributed by atoms with Crippen LogP contribution in [-0.2, 0) is 6.54 Å². The van der Waals surface area contributed by atoms with Gasteiger partial charge in [0, 0.05) is 18.0 Å². The molecule has 1 aromatic rings. The molecular weight excluding hydrogens is 288 g/mol. The van der Waals surface area contributed by atoms with Crippen LogP contribution in [0.25, 0.3) is 0 Å². The Morgan fingerprint density at radius 3 is 2.61 bits per heavy atom. The first-order valence-corrected chi connectivity index (χ1v) is 9.36. The summed E-state index contributed by atoms with van der Waals surface area (Å²) < 4.78 is 6.00. The van der Waals surface area contributed by atoms with Gasteiger partial charge in [0.15, 0.2) is 0 Å². The Morgan fingerprint density at radius 2 is 1.96 bits per heavy atom. The molecule has 3 aliphatic rings. The van der Waals surface area contributed by atoms with Crippen molar-refractivity contribution < 1.29 is 9.21 Å². The number of hydrogen-bond donors (Lipinski definition) is 1. The molecule has 4 nitrogen and oxygen atoms in total. The predicted molar refractivity (Wildman–Crippen MR) is 89.2 cm³/mol. The molecule has 1 heterocycles. The molecule has 0 spiro atoms. The van der Waals surface area contributed by atoms with Crippen LogP contribution in [0.2, 0.25) is 0 Å².